The van der Waals surface area contributed by atoms with Crippen molar-refractivity contribution in [2.75, 3.05) is 23.7 Å². The minimum absolute atomic E-state index is 0.0545. The zero-order chi connectivity index (χ0) is 14.9. The molecule has 0 unspecified atom stereocenters. The Balaban J connectivity index is 1.69. The Labute approximate surface area is 122 Å². The van der Waals surface area contributed by atoms with E-state index in [2.05, 4.69) is 10.6 Å². The number of benzene rings is 2. The summed E-state index contributed by atoms with van der Waals surface area (Å²) in [5.74, 6) is -1.22. The molecule has 0 radical (unpaired) electrons. The number of carbonyl (C=O) groups is 2. The predicted molar refractivity (Wildman–Crippen MR) is 81.0 cm³/mol. The normalized spacial score (nSPS) is 9.71. The summed E-state index contributed by atoms with van der Waals surface area (Å²) in [5.41, 5.74) is 1.59. The molecule has 2 rings (SSSR count). The molecule has 2 aromatic rings. The van der Waals surface area contributed by atoms with Gasteiger partial charge in [-0.1, -0.05) is 36.4 Å². The summed E-state index contributed by atoms with van der Waals surface area (Å²) in [6.07, 6.45) is 0. The van der Waals surface area contributed by atoms with E-state index in [9.17, 15) is 9.59 Å². The molecule has 0 heterocycles. The van der Waals surface area contributed by atoms with Gasteiger partial charge in [0.1, 0.15) is 13.1 Å². The Morgan fingerprint density at radius 1 is 0.714 bits per heavy atom. The molecule has 0 atom stereocenters. The largest absolute Gasteiger partial charge is 0.390 e. The van der Waals surface area contributed by atoms with Crippen molar-refractivity contribution in [2.24, 2.45) is 0 Å². The van der Waals surface area contributed by atoms with Crippen LogP contribution in [0.15, 0.2) is 60.7 Å². The van der Waals surface area contributed by atoms with Gasteiger partial charge in [0.05, 0.1) is 0 Å². The van der Waals surface area contributed by atoms with Gasteiger partial charge in [0.25, 0.3) is 0 Å². The van der Waals surface area contributed by atoms with E-state index in [1.54, 1.807) is 0 Å². The third kappa shape index (κ3) is 5.36. The first-order valence-corrected chi connectivity index (χ1v) is 6.55. The molecule has 5 nitrogen and oxygen atoms in total. The van der Waals surface area contributed by atoms with Gasteiger partial charge in [-0.3, -0.25) is 0 Å². The maximum absolute atomic E-state index is 11.5. The molecule has 0 aliphatic carbocycles. The van der Waals surface area contributed by atoms with Crippen molar-refractivity contribution in [3.8, 4) is 0 Å². The number of nitrogens with one attached hydrogen (secondary N) is 2. The minimum atomic E-state index is -0.612. The van der Waals surface area contributed by atoms with E-state index < -0.39 is 11.9 Å². The van der Waals surface area contributed by atoms with Crippen molar-refractivity contribution >= 4 is 23.3 Å². The monoisotopic (exact) mass is 284 g/mol. The molecule has 2 N–H and O–H groups in total. The van der Waals surface area contributed by atoms with Crippen LogP contribution in [0.5, 0.6) is 0 Å². The van der Waals surface area contributed by atoms with Crippen LogP contribution in [-0.2, 0) is 14.3 Å². The first-order valence-electron chi connectivity index (χ1n) is 6.55. The van der Waals surface area contributed by atoms with Crippen LogP contribution in [0.25, 0.3) is 0 Å². The summed E-state index contributed by atoms with van der Waals surface area (Å²) >= 11 is 0. The van der Waals surface area contributed by atoms with Gasteiger partial charge in [0.15, 0.2) is 0 Å². The van der Waals surface area contributed by atoms with Gasteiger partial charge in [0, 0.05) is 11.4 Å². The lowest BCUT2D eigenvalue weighted by atomic mass is 10.3. The van der Waals surface area contributed by atoms with Crippen LogP contribution in [0.4, 0.5) is 11.4 Å². The fourth-order valence-corrected chi connectivity index (χ4v) is 1.66. The molecule has 0 saturated heterocycles. The highest BCUT2D eigenvalue weighted by atomic mass is 16.6. The molecule has 0 aromatic heterocycles. The van der Waals surface area contributed by atoms with Crippen LogP contribution in [-0.4, -0.2) is 25.0 Å². The molecular formula is C16H16N2O3. The van der Waals surface area contributed by atoms with Crippen LogP contribution in [0.2, 0.25) is 0 Å². The third-order valence-electron chi connectivity index (χ3n) is 2.65. The predicted octanol–water partition coefficient (Wildman–Crippen LogP) is 2.28. The molecule has 0 saturated carbocycles. The molecule has 0 spiro atoms. The number of anilines is 2. The average Bonchev–Trinajstić information content (AvgIpc) is 2.53. The zero-order valence-corrected chi connectivity index (χ0v) is 11.4. The van der Waals surface area contributed by atoms with Crippen LogP contribution >= 0.6 is 0 Å². The SMILES string of the molecule is O=C(CNc1ccccc1)OC(=O)CNc1ccccc1. The summed E-state index contributed by atoms with van der Waals surface area (Å²) in [6, 6.07) is 18.5. The van der Waals surface area contributed by atoms with Crippen molar-refractivity contribution in [2.45, 2.75) is 0 Å². The molecule has 5 heteroatoms. The fraction of sp³-hybridized carbons (Fsp3) is 0.125. The minimum Gasteiger partial charge on any atom is -0.390 e. The number of esters is 2. The second kappa shape index (κ2) is 7.69. The lowest BCUT2D eigenvalue weighted by molar-refractivity contribution is -0.157. The highest BCUT2D eigenvalue weighted by Crippen LogP contribution is 2.05. The van der Waals surface area contributed by atoms with Crippen LogP contribution in [0.3, 0.4) is 0 Å². The van der Waals surface area contributed by atoms with Crippen molar-refractivity contribution in [3.05, 3.63) is 60.7 Å². The standard InChI is InChI=1S/C16H16N2O3/c19-15(11-17-13-7-3-1-4-8-13)21-16(20)12-18-14-9-5-2-6-10-14/h1-10,17-18H,11-12H2. The third-order valence-corrected chi connectivity index (χ3v) is 2.65. The van der Waals surface area contributed by atoms with Gasteiger partial charge in [-0.25, -0.2) is 9.59 Å². The average molecular weight is 284 g/mol. The number of hydrogen-bond acceptors (Lipinski definition) is 5. The zero-order valence-electron chi connectivity index (χ0n) is 11.4. The van der Waals surface area contributed by atoms with Gasteiger partial charge in [-0.2, -0.15) is 0 Å². The molecular weight excluding hydrogens is 268 g/mol. The quantitative estimate of drug-likeness (QED) is 0.629. The summed E-state index contributed by atoms with van der Waals surface area (Å²) < 4.78 is 4.69. The van der Waals surface area contributed by atoms with E-state index in [1.807, 2.05) is 60.7 Å². The first kappa shape index (κ1) is 14.6. The Morgan fingerprint density at radius 3 is 1.48 bits per heavy atom. The van der Waals surface area contributed by atoms with Gasteiger partial charge >= 0.3 is 11.9 Å². The molecule has 108 valence electrons. The van der Waals surface area contributed by atoms with E-state index in [1.165, 1.54) is 0 Å². The molecule has 0 fully saturated rings. The van der Waals surface area contributed by atoms with Crippen LogP contribution in [0, 0.1) is 0 Å². The fourth-order valence-electron chi connectivity index (χ4n) is 1.66. The van der Waals surface area contributed by atoms with Crippen molar-refractivity contribution in [1.29, 1.82) is 0 Å². The van der Waals surface area contributed by atoms with E-state index in [0.717, 1.165) is 11.4 Å². The maximum Gasteiger partial charge on any atom is 0.333 e. The lowest BCUT2D eigenvalue weighted by Crippen LogP contribution is -2.24. The van der Waals surface area contributed by atoms with E-state index in [0.29, 0.717) is 0 Å². The molecule has 0 bridgehead atoms. The van der Waals surface area contributed by atoms with Crippen LogP contribution in [0.1, 0.15) is 0 Å². The number of ether oxygens (including phenoxy) is 1. The smallest absolute Gasteiger partial charge is 0.333 e. The Morgan fingerprint density at radius 2 is 1.10 bits per heavy atom. The number of hydrogen-bond donors (Lipinski definition) is 2. The Hall–Kier alpha value is -2.82. The number of rotatable bonds is 6. The summed E-state index contributed by atoms with van der Waals surface area (Å²) in [5, 5.41) is 5.75. The number of para-hydroxylation sites is 2. The highest BCUT2D eigenvalue weighted by molar-refractivity contribution is 5.89. The molecule has 0 aliphatic rings. The van der Waals surface area contributed by atoms with E-state index >= 15 is 0 Å². The second-order valence-corrected chi connectivity index (χ2v) is 4.29. The molecule has 0 aliphatic heterocycles. The molecule has 2 aromatic carbocycles. The Kier molecular flexibility index (Phi) is 5.34. The number of carbonyl (C=O) groups excluding carboxylic acids is 2. The van der Waals surface area contributed by atoms with Crippen LogP contribution < -0.4 is 10.6 Å². The topological polar surface area (TPSA) is 67.4 Å². The molecule has 21 heavy (non-hydrogen) atoms. The van der Waals surface area contributed by atoms with Crippen molar-refractivity contribution in [1.82, 2.24) is 0 Å². The van der Waals surface area contributed by atoms with E-state index in [4.69, 9.17) is 4.74 Å². The van der Waals surface area contributed by atoms with Gasteiger partial charge in [-0.05, 0) is 24.3 Å². The first-order chi connectivity index (χ1) is 10.2. The summed E-state index contributed by atoms with van der Waals surface area (Å²) in [7, 11) is 0. The highest BCUT2D eigenvalue weighted by Gasteiger charge is 2.09. The summed E-state index contributed by atoms with van der Waals surface area (Å²) in [4.78, 5) is 23.0. The maximum atomic E-state index is 11.5. The van der Waals surface area contributed by atoms with Gasteiger partial charge in [-0.15, -0.1) is 0 Å². The molecule has 0 amide bonds. The van der Waals surface area contributed by atoms with Crippen molar-refractivity contribution < 1.29 is 14.3 Å². The van der Waals surface area contributed by atoms with Gasteiger partial charge < -0.3 is 15.4 Å². The van der Waals surface area contributed by atoms with Crippen molar-refractivity contribution in [3.63, 3.8) is 0 Å². The second-order valence-electron chi connectivity index (χ2n) is 4.29. The Bertz CT molecular complexity index is 531. The lowest BCUT2D eigenvalue weighted by Gasteiger charge is -2.07. The van der Waals surface area contributed by atoms with E-state index in [-0.39, 0.29) is 13.1 Å². The van der Waals surface area contributed by atoms with Gasteiger partial charge in [0.2, 0.25) is 0 Å². The summed E-state index contributed by atoms with van der Waals surface area (Å²) in [6.45, 7) is -0.109.